The topological polar surface area (TPSA) is 0 Å². The van der Waals surface area contributed by atoms with Crippen LogP contribution >= 0.6 is 15.9 Å². The van der Waals surface area contributed by atoms with Crippen molar-refractivity contribution in [2.45, 2.75) is 65.2 Å². The first-order chi connectivity index (χ1) is 7.73. The van der Waals surface area contributed by atoms with Crippen LogP contribution in [0.4, 0.5) is 0 Å². The van der Waals surface area contributed by atoms with E-state index in [1.165, 1.54) is 15.6 Å². The quantitative estimate of drug-likeness (QED) is 0.656. The Bertz CT molecular complexity index is 354. The van der Waals surface area contributed by atoms with Crippen molar-refractivity contribution in [1.29, 1.82) is 0 Å². The van der Waals surface area contributed by atoms with Crippen molar-refractivity contribution in [3.05, 3.63) is 33.8 Å². The molecule has 0 radical (unpaired) electrons. The van der Waals surface area contributed by atoms with Crippen LogP contribution in [0.1, 0.15) is 65.5 Å². The van der Waals surface area contributed by atoms with Gasteiger partial charge in [0.25, 0.3) is 0 Å². The van der Waals surface area contributed by atoms with E-state index in [1.807, 2.05) is 0 Å². The molecule has 1 aromatic rings. The van der Waals surface area contributed by atoms with E-state index < -0.39 is 0 Å². The van der Waals surface area contributed by atoms with Gasteiger partial charge in [0.1, 0.15) is 0 Å². The average molecular weight is 297 g/mol. The van der Waals surface area contributed by atoms with Gasteiger partial charge in [0.15, 0.2) is 0 Å². The highest BCUT2D eigenvalue weighted by Crippen LogP contribution is 2.35. The predicted octanol–water partition coefficient (Wildman–Crippen LogP) is 5.82. The second-order valence-corrected chi connectivity index (χ2v) is 7.12. The maximum atomic E-state index is 3.66. The van der Waals surface area contributed by atoms with Gasteiger partial charge < -0.3 is 0 Å². The van der Waals surface area contributed by atoms with Crippen LogP contribution in [0.15, 0.2) is 22.7 Å². The second kappa shape index (κ2) is 5.14. The number of benzene rings is 1. The molecule has 1 aromatic carbocycles. The fraction of sp³-hybridized carbons (Fsp3) is 0.625. The Morgan fingerprint density at radius 1 is 0.824 bits per heavy atom. The first-order valence-electron chi connectivity index (χ1n) is 6.54. The van der Waals surface area contributed by atoms with E-state index in [2.05, 4.69) is 75.7 Å². The lowest BCUT2D eigenvalue weighted by atomic mass is 9.77. The maximum Gasteiger partial charge on any atom is 0.0181 e. The monoisotopic (exact) mass is 296 g/mol. The maximum absolute atomic E-state index is 3.66. The Labute approximate surface area is 115 Å². The molecule has 96 valence electrons. The molecule has 0 N–H and O–H groups in total. The van der Waals surface area contributed by atoms with Crippen molar-refractivity contribution in [1.82, 2.24) is 0 Å². The normalized spacial score (nSPS) is 12.9. The molecule has 0 atom stereocenters. The van der Waals surface area contributed by atoms with Crippen LogP contribution in [0.3, 0.4) is 0 Å². The summed E-state index contributed by atoms with van der Waals surface area (Å²) in [4.78, 5) is 0. The minimum absolute atomic E-state index is 0.252. The van der Waals surface area contributed by atoms with E-state index in [1.54, 1.807) is 0 Å². The van der Waals surface area contributed by atoms with Crippen molar-refractivity contribution in [2.75, 3.05) is 0 Å². The van der Waals surface area contributed by atoms with Crippen LogP contribution < -0.4 is 0 Å². The molecule has 1 heteroatoms. The van der Waals surface area contributed by atoms with Crippen LogP contribution in [-0.4, -0.2) is 0 Å². The third-order valence-corrected chi connectivity index (χ3v) is 4.69. The molecule has 0 saturated carbocycles. The zero-order chi connectivity index (χ0) is 13.3. The molecule has 17 heavy (non-hydrogen) atoms. The van der Waals surface area contributed by atoms with Gasteiger partial charge in [-0.2, -0.15) is 0 Å². The van der Waals surface area contributed by atoms with Gasteiger partial charge in [-0.3, -0.25) is 0 Å². The van der Waals surface area contributed by atoms with Gasteiger partial charge in [-0.25, -0.2) is 0 Å². The van der Waals surface area contributed by atoms with E-state index >= 15 is 0 Å². The molecule has 0 saturated heterocycles. The van der Waals surface area contributed by atoms with Gasteiger partial charge in [0.05, 0.1) is 0 Å². The lowest BCUT2D eigenvalue weighted by Crippen LogP contribution is -2.20. The molecule has 0 unspecified atom stereocenters. The summed E-state index contributed by atoms with van der Waals surface area (Å²) in [6, 6.07) is 6.91. The molecule has 0 aliphatic rings. The van der Waals surface area contributed by atoms with Gasteiger partial charge in [0, 0.05) is 4.47 Å². The fourth-order valence-corrected chi connectivity index (χ4v) is 2.27. The summed E-state index contributed by atoms with van der Waals surface area (Å²) < 4.78 is 1.20. The molecule has 0 aromatic heterocycles. The third kappa shape index (κ3) is 3.34. The number of hydrogen-bond donors (Lipinski definition) is 0. The standard InChI is InChI=1S/C16H25Br/c1-7-15(3,4)12-9-13(11-14(17)10-12)16(5,6)8-2/h9-11H,7-8H2,1-6H3. The molecular weight excluding hydrogens is 272 g/mol. The molecular formula is C16H25Br. The van der Waals surface area contributed by atoms with Crippen molar-refractivity contribution >= 4 is 15.9 Å². The molecule has 0 bridgehead atoms. The summed E-state index contributed by atoms with van der Waals surface area (Å²) in [6.45, 7) is 13.8. The smallest absolute Gasteiger partial charge is 0.0181 e. The van der Waals surface area contributed by atoms with Gasteiger partial charge in [0.2, 0.25) is 0 Å². The van der Waals surface area contributed by atoms with Crippen molar-refractivity contribution < 1.29 is 0 Å². The van der Waals surface area contributed by atoms with E-state index in [4.69, 9.17) is 0 Å². The Hall–Kier alpha value is -0.300. The van der Waals surface area contributed by atoms with E-state index in [0.717, 1.165) is 12.8 Å². The summed E-state index contributed by atoms with van der Waals surface area (Å²) in [5.74, 6) is 0. The number of halogens is 1. The molecule has 0 heterocycles. The summed E-state index contributed by atoms with van der Waals surface area (Å²) in [6.07, 6.45) is 2.32. The summed E-state index contributed by atoms with van der Waals surface area (Å²) in [5.41, 5.74) is 3.38. The highest BCUT2D eigenvalue weighted by molar-refractivity contribution is 9.10. The summed E-state index contributed by atoms with van der Waals surface area (Å²) in [5, 5.41) is 0. The molecule has 0 amide bonds. The molecule has 1 rings (SSSR count). The molecule has 0 aliphatic carbocycles. The lowest BCUT2D eigenvalue weighted by molar-refractivity contribution is 0.488. The Kier molecular flexibility index (Phi) is 4.46. The molecule has 0 fully saturated rings. The van der Waals surface area contributed by atoms with Crippen LogP contribution in [0.25, 0.3) is 0 Å². The average Bonchev–Trinajstić information content (AvgIpc) is 2.28. The van der Waals surface area contributed by atoms with Gasteiger partial charge in [-0.05, 0) is 46.9 Å². The molecule has 0 aliphatic heterocycles. The first kappa shape index (κ1) is 14.8. The minimum Gasteiger partial charge on any atom is -0.0646 e. The number of hydrogen-bond acceptors (Lipinski definition) is 0. The zero-order valence-corrected chi connectivity index (χ0v) is 13.6. The summed E-state index contributed by atoms with van der Waals surface area (Å²) >= 11 is 3.66. The van der Waals surface area contributed by atoms with Crippen molar-refractivity contribution in [3.8, 4) is 0 Å². The van der Waals surface area contributed by atoms with Gasteiger partial charge in [-0.1, -0.05) is 63.5 Å². The Morgan fingerprint density at radius 3 is 1.47 bits per heavy atom. The second-order valence-electron chi connectivity index (χ2n) is 6.20. The van der Waals surface area contributed by atoms with Crippen LogP contribution in [0.2, 0.25) is 0 Å². The SMILES string of the molecule is CCC(C)(C)c1cc(Br)cc(C(C)(C)CC)c1. The van der Waals surface area contributed by atoms with Gasteiger partial charge >= 0.3 is 0 Å². The van der Waals surface area contributed by atoms with E-state index in [9.17, 15) is 0 Å². The molecule has 0 spiro atoms. The van der Waals surface area contributed by atoms with Crippen LogP contribution in [0.5, 0.6) is 0 Å². The lowest BCUT2D eigenvalue weighted by Gasteiger charge is -2.29. The zero-order valence-electron chi connectivity index (χ0n) is 12.0. The Morgan fingerprint density at radius 2 is 1.18 bits per heavy atom. The molecule has 0 nitrogen and oxygen atoms in total. The highest BCUT2D eigenvalue weighted by atomic mass is 79.9. The van der Waals surface area contributed by atoms with Gasteiger partial charge in [-0.15, -0.1) is 0 Å². The highest BCUT2D eigenvalue weighted by Gasteiger charge is 2.23. The first-order valence-corrected chi connectivity index (χ1v) is 7.34. The van der Waals surface area contributed by atoms with Crippen LogP contribution in [-0.2, 0) is 10.8 Å². The summed E-state index contributed by atoms with van der Waals surface area (Å²) in [7, 11) is 0. The Balaban J connectivity index is 3.29. The van der Waals surface area contributed by atoms with Crippen molar-refractivity contribution in [2.24, 2.45) is 0 Å². The van der Waals surface area contributed by atoms with Crippen LogP contribution in [0, 0.1) is 0 Å². The van der Waals surface area contributed by atoms with E-state index in [0.29, 0.717) is 0 Å². The fourth-order valence-electron chi connectivity index (χ4n) is 1.78. The minimum atomic E-state index is 0.252. The van der Waals surface area contributed by atoms with Crippen molar-refractivity contribution in [3.63, 3.8) is 0 Å². The number of rotatable bonds is 4. The van der Waals surface area contributed by atoms with E-state index in [-0.39, 0.29) is 10.8 Å². The predicted molar refractivity (Wildman–Crippen MR) is 80.8 cm³/mol. The third-order valence-electron chi connectivity index (χ3n) is 4.23. The largest absolute Gasteiger partial charge is 0.0646 e.